The molecule has 2 saturated heterocycles. The summed E-state index contributed by atoms with van der Waals surface area (Å²) in [7, 11) is 2.14. The van der Waals surface area contributed by atoms with E-state index in [-0.39, 0.29) is 11.9 Å². The van der Waals surface area contributed by atoms with Crippen LogP contribution in [-0.2, 0) is 11.3 Å². The van der Waals surface area contributed by atoms with Crippen molar-refractivity contribution < 1.29 is 9.32 Å². The van der Waals surface area contributed by atoms with Gasteiger partial charge >= 0.3 is 0 Å². The molecule has 1 atom stereocenters. The van der Waals surface area contributed by atoms with Gasteiger partial charge in [-0.1, -0.05) is 5.16 Å². The van der Waals surface area contributed by atoms with Crippen molar-refractivity contribution in [3.8, 4) is 0 Å². The SMILES string of the molecule is CC(=O)N1CCC[C@H]1c1nc(CN2CCN(C)CC2)no1. The summed E-state index contributed by atoms with van der Waals surface area (Å²) in [5.74, 6) is 1.40. The molecule has 2 aliphatic rings. The summed E-state index contributed by atoms with van der Waals surface area (Å²) in [5.41, 5.74) is 0. The van der Waals surface area contributed by atoms with E-state index in [1.54, 1.807) is 6.92 Å². The predicted molar refractivity (Wildman–Crippen MR) is 76.4 cm³/mol. The van der Waals surface area contributed by atoms with Gasteiger partial charge < -0.3 is 14.3 Å². The summed E-state index contributed by atoms with van der Waals surface area (Å²) >= 11 is 0. The van der Waals surface area contributed by atoms with Crippen molar-refractivity contribution in [1.82, 2.24) is 24.8 Å². The van der Waals surface area contributed by atoms with Gasteiger partial charge in [-0.3, -0.25) is 9.69 Å². The third-order valence-electron chi connectivity index (χ3n) is 4.39. The first kappa shape index (κ1) is 14.5. The molecule has 0 radical (unpaired) electrons. The number of amides is 1. The van der Waals surface area contributed by atoms with Gasteiger partial charge in [-0.2, -0.15) is 4.98 Å². The van der Waals surface area contributed by atoms with E-state index >= 15 is 0 Å². The number of likely N-dealkylation sites (N-methyl/N-ethyl adjacent to an activating group) is 1. The largest absolute Gasteiger partial charge is 0.337 e. The van der Waals surface area contributed by atoms with Crippen molar-refractivity contribution in [2.24, 2.45) is 0 Å². The lowest BCUT2D eigenvalue weighted by Crippen LogP contribution is -2.44. The van der Waals surface area contributed by atoms with Gasteiger partial charge in [-0.25, -0.2) is 0 Å². The highest BCUT2D eigenvalue weighted by atomic mass is 16.5. The van der Waals surface area contributed by atoms with Crippen LogP contribution in [0.25, 0.3) is 0 Å². The van der Waals surface area contributed by atoms with Gasteiger partial charge in [0.15, 0.2) is 5.82 Å². The zero-order chi connectivity index (χ0) is 14.8. The number of rotatable bonds is 3. The molecule has 3 rings (SSSR count). The van der Waals surface area contributed by atoms with Gasteiger partial charge in [0.05, 0.1) is 6.54 Å². The summed E-state index contributed by atoms with van der Waals surface area (Å²) in [6.45, 7) is 7.32. The number of nitrogens with zero attached hydrogens (tertiary/aromatic N) is 5. The Hall–Kier alpha value is -1.47. The topological polar surface area (TPSA) is 65.7 Å². The molecule has 7 nitrogen and oxygen atoms in total. The second kappa shape index (κ2) is 6.11. The average molecular weight is 293 g/mol. The number of likely N-dealkylation sites (tertiary alicyclic amines) is 1. The number of hydrogen-bond acceptors (Lipinski definition) is 6. The molecular formula is C14H23N5O2. The maximum Gasteiger partial charge on any atom is 0.249 e. The van der Waals surface area contributed by atoms with Gasteiger partial charge in [0.2, 0.25) is 11.8 Å². The minimum absolute atomic E-state index is 0.0313. The first-order valence-corrected chi connectivity index (χ1v) is 7.64. The van der Waals surface area contributed by atoms with Gasteiger partial charge in [-0.05, 0) is 19.9 Å². The van der Waals surface area contributed by atoms with Crippen LogP contribution in [0.4, 0.5) is 0 Å². The summed E-state index contributed by atoms with van der Waals surface area (Å²) in [6, 6.07) is -0.0313. The minimum atomic E-state index is -0.0313. The number of piperazine rings is 1. The Kier molecular flexibility index (Phi) is 4.21. The highest BCUT2D eigenvalue weighted by Crippen LogP contribution is 2.30. The van der Waals surface area contributed by atoms with E-state index in [1.165, 1.54) is 0 Å². The molecule has 0 unspecified atom stereocenters. The van der Waals surface area contributed by atoms with Crippen LogP contribution in [0.1, 0.15) is 37.5 Å². The molecule has 0 spiro atoms. The van der Waals surface area contributed by atoms with Crippen molar-refractivity contribution in [3.63, 3.8) is 0 Å². The fourth-order valence-corrected chi connectivity index (χ4v) is 3.07. The van der Waals surface area contributed by atoms with Crippen molar-refractivity contribution in [3.05, 3.63) is 11.7 Å². The molecular weight excluding hydrogens is 270 g/mol. The normalized spacial score (nSPS) is 24.7. The fraction of sp³-hybridized carbons (Fsp3) is 0.786. The van der Waals surface area contributed by atoms with Crippen LogP contribution >= 0.6 is 0 Å². The lowest BCUT2D eigenvalue weighted by Gasteiger charge is -2.31. The lowest BCUT2D eigenvalue weighted by molar-refractivity contribution is -0.130. The average Bonchev–Trinajstić information content (AvgIpc) is 3.09. The van der Waals surface area contributed by atoms with Gasteiger partial charge in [0.25, 0.3) is 0 Å². The molecule has 0 N–H and O–H groups in total. The molecule has 1 aromatic rings. The Morgan fingerprint density at radius 2 is 2.05 bits per heavy atom. The third kappa shape index (κ3) is 3.24. The summed E-state index contributed by atoms with van der Waals surface area (Å²) in [5, 5.41) is 4.09. The highest BCUT2D eigenvalue weighted by Gasteiger charge is 2.32. The van der Waals surface area contributed by atoms with Gasteiger partial charge in [0.1, 0.15) is 6.04 Å². The van der Waals surface area contributed by atoms with Crippen molar-refractivity contribution >= 4 is 5.91 Å². The van der Waals surface area contributed by atoms with Crippen LogP contribution in [0, 0.1) is 0 Å². The lowest BCUT2D eigenvalue weighted by atomic mass is 10.2. The molecule has 0 aromatic carbocycles. The first-order valence-electron chi connectivity index (χ1n) is 7.64. The number of hydrogen-bond donors (Lipinski definition) is 0. The van der Waals surface area contributed by atoms with Crippen LogP contribution in [0.5, 0.6) is 0 Å². The maximum absolute atomic E-state index is 11.6. The molecule has 2 aliphatic heterocycles. The molecule has 3 heterocycles. The summed E-state index contributed by atoms with van der Waals surface area (Å²) in [4.78, 5) is 22.6. The van der Waals surface area contributed by atoms with E-state index in [9.17, 15) is 4.79 Å². The van der Waals surface area contributed by atoms with Crippen LogP contribution in [0.15, 0.2) is 4.52 Å². The number of carbonyl (C=O) groups is 1. The molecule has 7 heteroatoms. The molecule has 1 aromatic heterocycles. The van der Waals surface area contributed by atoms with Crippen molar-refractivity contribution in [2.75, 3.05) is 39.8 Å². The van der Waals surface area contributed by atoms with Crippen molar-refractivity contribution in [1.29, 1.82) is 0 Å². The highest BCUT2D eigenvalue weighted by molar-refractivity contribution is 5.73. The Morgan fingerprint density at radius 3 is 2.76 bits per heavy atom. The molecule has 0 saturated carbocycles. The number of carbonyl (C=O) groups excluding carboxylic acids is 1. The first-order chi connectivity index (χ1) is 10.1. The minimum Gasteiger partial charge on any atom is -0.337 e. The summed E-state index contributed by atoms with van der Waals surface area (Å²) in [6.07, 6.45) is 1.91. The quantitative estimate of drug-likeness (QED) is 0.808. The third-order valence-corrected chi connectivity index (χ3v) is 4.39. The van der Waals surface area contributed by atoms with Crippen LogP contribution in [0.3, 0.4) is 0 Å². The molecule has 21 heavy (non-hydrogen) atoms. The zero-order valence-corrected chi connectivity index (χ0v) is 12.8. The van der Waals surface area contributed by atoms with E-state index in [1.807, 2.05) is 4.90 Å². The van der Waals surface area contributed by atoms with E-state index in [0.29, 0.717) is 5.89 Å². The fourth-order valence-electron chi connectivity index (χ4n) is 3.07. The van der Waals surface area contributed by atoms with E-state index < -0.39 is 0 Å². The Morgan fingerprint density at radius 1 is 1.29 bits per heavy atom. The summed E-state index contributed by atoms with van der Waals surface area (Å²) < 4.78 is 5.40. The van der Waals surface area contributed by atoms with Gasteiger partial charge in [-0.15, -0.1) is 0 Å². The standard InChI is InChI=1S/C14H23N5O2/c1-11(20)19-5-3-4-12(19)14-15-13(16-21-14)10-18-8-6-17(2)7-9-18/h12H,3-10H2,1-2H3/t12-/m0/s1. The molecule has 2 fully saturated rings. The molecule has 1 amide bonds. The van der Waals surface area contributed by atoms with Crippen LogP contribution in [-0.4, -0.2) is 70.5 Å². The van der Waals surface area contributed by atoms with Crippen LogP contribution < -0.4 is 0 Å². The Balaban J connectivity index is 1.62. The van der Waals surface area contributed by atoms with E-state index in [2.05, 4.69) is 27.0 Å². The van der Waals surface area contributed by atoms with Crippen molar-refractivity contribution in [2.45, 2.75) is 32.4 Å². The Bertz CT molecular complexity index is 495. The molecule has 0 aliphatic carbocycles. The Labute approximate surface area is 124 Å². The second-order valence-electron chi connectivity index (χ2n) is 6.00. The van der Waals surface area contributed by atoms with E-state index in [4.69, 9.17) is 4.52 Å². The predicted octanol–water partition coefficient (Wildman–Crippen LogP) is 0.500. The second-order valence-corrected chi connectivity index (χ2v) is 6.00. The van der Waals surface area contributed by atoms with E-state index in [0.717, 1.165) is 57.9 Å². The zero-order valence-electron chi connectivity index (χ0n) is 12.8. The molecule has 116 valence electrons. The van der Waals surface area contributed by atoms with Crippen LogP contribution in [0.2, 0.25) is 0 Å². The molecule has 0 bridgehead atoms. The smallest absolute Gasteiger partial charge is 0.249 e. The maximum atomic E-state index is 11.6. The van der Waals surface area contributed by atoms with Gasteiger partial charge in [0, 0.05) is 39.6 Å². The number of aromatic nitrogens is 2. The monoisotopic (exact) mass is 293 g/mol.